The van der Waals surface area contributed by atoms with Gasteiger partial charge in [-0.2, -0.15) is 0 Å². The van der Waals surface area contributed by atoms with E-state index in [9.17, 15) is 4.79 Å². The summed E-state index contributed by atoms with van der Waals surface area (Å²) in [5.41, 5.74) is 1.95. The highest BCUT2D eigenvalue weighted by molar-refractivity contribution is 5.77. The number of benzene rings is 1. The lowest BCUT2D eigenvalue weighted by Gasteiger charge is -2.36. The van der Waals surface area contributed by atoms with Gasteiger partial charge in [0.15, 0.2) is 0 Å². The van der Waals surface area contributed by atoms with E-state index in [1.54, 1.807) is 6.20 Å². The van der Waals surface area contributed by atoms with Gasteiger partial charge in [-0.1, -0.05) is 12.1 Å². The molecular weight excluding hydrogens is 304 g/mol. The van der Waals surface area contributed by atoms with E-state index < -0.39 is 0 Å². The standard InChI is InChI=1S/C17H20N6O/c1-22(16-18-9-6-15(24)21-16)12-7-10-23(11-8-12)17-19-13-4-2-3-5-14(13)20-17/h2-6,9,12H,7-8,10-11H2,1H3,(H,19,20)(H,18,21,24). The van der Waals surface area contributed by atoms with Crippen molar-refractivity contribution in [3.8, 4) is 0 Å². The molecule has 0 spiro atoms. The topological polar surface area (TPSA) is 80.9 Å². The molecule has 0 saturated carbocycles. The number of H-pyrrole nitrogens is 2. The molecular formula is C17H20N6O. The average molecular weight is 324 g/mol. The Balaban J connectivity index is 1.45. The number of hydrogen-bond acceptors (Lipinski definition) is 5. The first-order valence-electron chi connectivity index (χ1n) is 8.18. The fourth-order valence-electron chi connectivity index (χ4n) is 3.27. The Morgan fingerprint density at radius 3 is 2.71 bits per heavy atom. The molecule has 1 fully saturated rings. The van der Waals surface area contributed by atoms with Gasteiger partial charge in [-0.05, 0) is 25.0 Å². The molecule has 0 radical (unpaired) electrons. The van der Waals surface area contributed by atoms with Crippen LogP contribution in [0.2, 0.25) is 0 Å². The van der Waals surface area contributed by atoms with Crippen LogP contribution >= 0.6 is 0 Å². The fraction of sp³-hybridized carbons (Fsp3) is 0.353. The SMILES string of the molecule is CN(c1nccc(=O)[nH]1)C1CCN(c2nc3ccccc3[nH]2)CC1. The van der Waals surface area contributed by atoms with Crippen molar-refractivity contribution in [2.24, 2.45) is 0 Å². The first-order valence-corrected chi connectivity index (χ1v) is 8.18. The molecule has 1 aromatic carbocycles. The minimum atomic E-state index is -0.119. The van der Waals surface area contributed by atoms with Crippen molar-refractivity contribution in [2.75, 3.05) is 29.9 Å². The van der Waals surface area contributed by atoms with E-state index in [-0.39, 0.29) is 5.56 Å². The number of fused-ring (bicyclic) bond motifs is 1. The number of anilines is 2. The normalized spacial score (nSPS) is 15.8. The van der Waals surface area contributed by atoms with E-state index >= 15 is 0 Å². The van der Waals surface area contributed by atoms with E-state index in [0.717, 1.165) is 42.9 Å². The maximum Gasteiger partial charge on any atom is 0.252 e. The van der Waals surface area contributed by atoms with E-state index in [0.29, 0.717) is 12.0 Å². The summed E-state index contributed by atoms with van der Waals surface area (Å²) in [6.07, 6.45) is 3.53. The molecule has 3 heterocycles. The Kier molecular flexibility index (Phi) is 3.68. The Hall–Kier alpha value is -2.83. The van der Waals surface area contributed by atoms with Crippen LogP contribution in [0.3, 0.4) is 0 Å². The lowest BCUT2D eigenvalue weighted by molar-refractivity contribution is 0.473. The van der Waals surface area contributed by atoms with Gasteiger partial charge in [0.05, 0.1) is 11.0 Å². The zero-order valence-corrected chi connectivity index (χ0v) is 13.6. The van der Waals surface area contributed by atoms with Gasteiger partial charge in [-0.15, -0.1) is 0 Å². The van der Waals surface area contributed by atoms with Crippen LogP contribution in [0.4, 0.5) is 11.9 Å². The maximum atomic E-state index is 11.5. The fourth-order valence-corrected chi connectivity index (χ4v) is 3.27. The molecule has 1 saturated heterocycles. The number of hydrogen-bond donors (Lipinski definition) is 2. The largest absolute Gasteiger partial charge is 0.342 e. The summed E-state index contributed by atoms with van der Waals surface area (Å²) in [5.74, 6) is 1.56. The molecule has 0 aliphatic carbocycles. The minimum absolute atomic E-state index is 0.119. The Morgan fingerprint density at radius 2 is 1.96 bits per heavy atom. The smallest absolute Gasteiger partial charge is 0.252 e. The van der Waals surface area contributed by atoms with E-state index in [1.807, 2.05) is 31.3 Å². The van der Waals surface area contributed by atoms with Gasteiger partial charge in [-0.25, -0.2) is 9.97 Å². The van der Waals surface area contributed by atoms with Gasteiger partial charge in [0.2, 0.25) is 11.9 Å². The lowest BCUT2D eigenvalue weighted by Crippen LogP contribution is -2.44. The molecule has 124 valence electrons. The minimum Gasteiger partial charge on any atom is -0.342 e. The molecule has 2 N–H and O–H groups in total. The number of nitrogens with zero attached hydrogens (tertiary/aromatic N) is 4. The van der Waals surface area contributed by atoms with E-state index in [2.05, 4.69) is 29.7 Å². The summed E-state index contributed by atoms with van der Waals surface area (Å²) in [4.78, 5) is 30.9. The Bertz CT molecular complexity index is 860. The third kappa shape index (κ3) is 2.73. The van der Waals surface area contributed by atoms with Crippen molar-refractivity contribution in [3.05, 3.63) is 46.9 Å². The van der Waals surface area contributed by atoms with Crippen LogP contribution in [0.25, 0.3) is 11.0 Å². The Morgan fingerprint density at radius 1 is 1.17 bits per heavy atom. The van der Waals surface area contributed by atoms with Crippen molar-refractivity contribution < 1.29 is 0 Å². The van der Waals surface area contributed by atoms with Crippen LogP contribution in [0.5, 0.6) is 0 Å². The van der Waals surface area contributed by atoms with Crippen LogP contribution in [-0.2, 0) is 0 Å². The molecule has 4 rings (SSSR count). The van der Waals surface area contributed by atoms with Gasteiger partial charge in [0.25, 0.3) is 5.56 Å². The van der Waals surface area contributed by atoms with Gasteiger partial charge in [-0.3, -0.25) is 9.78 Å². The molecule has 0 amide bonds. The second kappa shape index (κ2) is 5.99. The second-order valence-corrected chi connectivity index (χ2v) is 6.16. The summed E-state index contributed by atoms with van der Waals surface area (Å²) in [6, 6.07) is 9.87. The monoisotopic (exact) mass is 324 g/mol. The van der Waals surface area contributed by atoms with Crippen molar-refractivity contribution in [1.82, 2.24) is 19.9 Å². The Labute approximate surface area is 139 Å². The molecule has 2 aromatic heterocycles. The molecule has 7 heteroatoms. The van der Waals surface area contributed by atoms with Crippen molar-refractivity contribution >= 4 is 22.9 Å². The molecule has 1 aliphatic heterocycles. The third-order valence-electron chi connectivity index (χ3n) is 4.68. The predicted molar refractivity (Wildman–Crippen MR) is 94.6 cm³/mol. The summed E-state index contributed by atoms with van der Waals surface area (Å²) in [6.45, 7) is 1.85. The number of rotatable bonds is 3. The first kappa shape index (κ1) is 14.7. The summed E-state index contributed by atoms with van der Waals surface area (Å²) < 4.78 is 0. The highest BCUT2D eigenvalue weighted by Gasteiger charge is 2.25. The third-order valence-corrected chi connectivity index (χ3v) is 4.68. The highest BCUT2D eigenvalue weighted by atomic mass is 16.1. The van der Waals surface area contributed by atoms with Crippen molar-refractivity contribution in [1.29, 1.82) is 0 Å². The second-order valence-electron chi connectivity index (χ2n) is 6.16. The number of piperidine rings is 1. The van der Waals surface area contributed by atoms with Gasteiger partial charge < -0.3 is 14.8 Å². The zero-order chi connectivity index (χ0) is 16.5. The van der Waals surface area contributed by atoms with Crippen LogP contribution in [-0.4, -0.2) is 46.1 Å². The summed E-state index contributed by atoms with van der Waals surface area (Å²) in [5, 5.41) is 0. The molecule has 24 heavy (non-hydrogen) atoms. The quantitative estimate of drug-likeness (QED) is 0.767. The van der Waals surface area contributed by atoms with Crippen LogP contribution in [0.15, 0.2) is 41.3 Å². The van der Waals surface area contributed by atoms with Gasteiger partial charge >= 0.3 is 0 Å². The number of nitrogens with one attached hydrogen (secondary N) is 2. The van der Waals surface area contributed by atoms with Crippen molar-refractivity contribution in [3.63, 3.8) is 0 Å². The number of aromatic amines is 2. The van der Waals surface area contributed by atoms with Gasteiger partial charge in [0, 0.05) is 38.4 Å². The number of imidazole rings is 1. The van der Waals surface area contributed by atoms with Crippen LogP contribution in [0, 0.1) is 0 Å². The molecule has 7 nitrogen and oxygen atoms in total. The number of aromatic nitrogens is 4. The van der Waals surface area contributed by atoms with Crippen LogP contribution in [0.1, 0.15) is 12.8 Å². The summed E-state index contributed by atoms with van der Waals surface area (Å²) >= 11 is 0. The van der Waals surface area contributed by atoms with E-state index in [4.69, 9.17) is 0 Å². The predicted octanol–water partition coefficient (Wildman–Crippen LogP) is 1.75. The molecule has 0 atom stereocenters. The first-order chi connectivity index (χ1) is 11.7. The highest BCUT2D eigenvalue weighted by Crippen LogP contribution is 2.23. The van der Waals surface area contributed by atoms with Gasteiger partial charge in [0.1, 0.15) is 0 Å². The lowest BCUT2D eigenvalue weighted by atomic mass is 10.0. The van der Waals surface area contributed by atoms with Crippen LogP contribution < -0.4 is 15.4 Å². The summed E-state index contributed by atoms with van der Waals surface area (Å²) in [7, 11) is 1.99. The molecule has 1 aliphatic rings. The van der Waals surface area contributed by atoms with Crippen molar-refractivity contribution in [2.45, 2.75) is 18.9 Å². The maximum absolute atomic E-state index is 11.5. The average Bonchev–Trinajstić information content (AvgIpc) is 3.05. The molecule has 0 bridgehead atoms. The number of para-hydroxylation sites is 2. The molecule has 3 aromatic rings. The molecule has 0 unspecified atom stereocenters. The zero-order valence-electron chi connectivity index (χ0n) is 13.6. The van der Waals surface area contributed by atoms with E-state index in [1.165, 1.54) is 6.07 Å².